The highest BCUT2D eigenvalue weighted by molar-refractivity contribution is 7.71. The van der Waals surface area contributed by atoms with Gasteiger partial charge in [-0.3, -0.25) is 0 Å². The van der Waals surface area contributed by atoms with Crippen molar-refractivity contribution < 1.29 is 25.8 Å². The lowest BCUT2D eigenvalue weighted by Gasteiger charge is -2.04. The van der Waals surface area contributed by atoms with Crippen molar-refractivity contribution in [1.29, 1.82) is 0 Å². The van der Waals surface area contributed by atoms with Crippen molar-refractivity contribution in [3.05, 3.63) is 126 Å². The molecule has 7 rings (SSSR count). The summed E-state index contributed by atoms with van der Waals surface area (Å²) in [5.41, 5.74) is 14.4. The van der Waals surface area contributed by atoms with Crippen molar-refractivity contribution in [2.24, 2.45) is 24.3 Å². The van der Waals surface area contributed by atoms with Crippen LogP contribution in [0.2, 0.25) is 0 Å². The third-order valence-electron chi connectivity index (χ3n) is 7.50. The van der Waals surface area contributed by atoms with Crippen molar-refractivity contribution in [2.45, 2.75) is 0 Å². The standard InChI is InChI=1S/C32H28N11S.BrH/c1-39-27(21-41-17-5-3-7-29(39)41)25-13-9-23(10-14-25)19-33-35-31-36-37-32(44)43(31)38-34-20-24-11-15-26(16-12-24)28-22-42-18-6-4-8-30(42)40(28)2;/h3-22,38H,1-2H3,(H-,35,36,37,44);1H/q+1;. The monoisotopic (exact) mass is 678 g/mol. The average molecular weight is 680 g/mol. The van der Waals surface area contributed by atoms with Crippen LogP contribution >= 0.6 is 12.2 Å². The normalized spacial score (nSPS) is 11.5. The number of nitrogens with one attached hydrogen (secondary N) is 3. The van der Waals surface area contributed by atoms with Crippen LogP contribution in [0.5, 0.6) is 0 Å². The molecule has 3 N–H and O–H groups in total. The van der Waals surface area contributed by atoms with E-state index in [4.69, 9.17) is 12.2 Å². The number of rotatable bonds is 8. The lowest BCUT2D eigenvalue weighted by molar-refractivity contribution is -0.510. The number of H-pyrrole nitrogens is 1. The molecule has 0 saturated carbocycles. The number of anilines is 1. The summed E-state index contributed by atoms with van der Waals surface area (Å²) in [7, 11) is 4.13. The lowest BCUT2D eigenvalue weighted by atomic mass is 10.1. The summed E-state index contributed by atoms with van der Waals surface area (Å²) in [6.45, 7) is 0. The number of aromatic nitrogens is 7. The van der Waals surface area contributed by atoms with Gasteiger partial charge in [-0.15, -0.1) is 5.10 Å². The van der Waals surface area contributed by atoms with Crippen molar-refractivity contribution >= 4 is 41.9 Å². The van der Waals surface area contributed by atoms with Crippen LogP contribution in [0.25, 0.3) is 33.8 Å². The third kappa shape index (κ3) is 5.90. The van der Waals surface area contributed by atoms with E-state index in [0.717, 1.165) is 44.9 Å². The number of imidazole rings is 2. The molecular formula is C32H29BrN11S+. The summed E-state index contributed by atoms with van der Waals surface area (Å²) >= 11 is 5.36. The minimum Gasteiger partial charge on any atom is -1.00 e. The summed E-state index contributed by atoms with van der Waals surface area (Å²) in [6, 6.07) is 28.7. The van der Waals surface area contributed by atoms with E-state index < -0.39 is 0 Å². The van der Waals surface area contributed by atoms with E-state index in [1.54, 1.807) is 12.4 Å². The Morgan fingerprint density at radius 2 is 1.24 bits per heavy atom. The molecule has 0 saturated heterocycles. The number of hydrogen-bond acceptors (Lipinski definition) is 6. The van der Waals surface area contributed by atoms with Crippen molar-refractivity contribution in [3.63, 3.8) is 0 Å². The first-order valence-electron chi connectivity index (χ1n) is 13.9. The molecule has 0 unspecified atom stereocenters. The summed E-state index contributed by atoms with van der Waals surface area (Å²) in [5.74, 6) is 0.371. The maximum absolute atomic E-state index is 5.36. The summed E-state index contributed by atoms with van der Waals surface area (Å²) in [6.07, 6.45) is 11.8. The number of fused-ring (bicyclic) bond motifs is 2. The van der Waals surface area contributed by atoms with E-state index >= 15 is 0 Å². The Bertz CT molecular complexity index is 2220. The summed E-state index contributed by atoms with van der Waals surface area (Å²) in [4.78, 5) is 0. The summed E-state index contributed by atoms with van der Waals surface area (Å²) in [5, 5.41) is 15.6. The smallest absolute Gasteiger partial charge is 0.286 e. The zero-order valence-corrected chi connectivity index (χ0v) is 26.8. The minimum atomic E-state index is 0. The van der Waals surface area contributed by atoms with E-state index in [9.17, 15) is 0 Å². The Morgan fingerprint density at radius 3 is 1.76 bits per heavy atom. The molecule has 0 aliphatic heterocycles. The highest BCUT2D eigenvalue weighted by Gasteiger charge is 2.16. The fourth-order valence-corrected chi connectivity index (χ4v) is 5.34. The Hall–Kier alpha value is -5.40. The Balaban J connectivity index is 0.00000357. The van der Waals surface area contributed by atoms with Gasteiger partial charge in [0.25, 0.3) is 17.2 Å². The minimum absolute atomic E-state index is 0. The highest BCUT2D eigenvalue weighted by atomic mass is 79.9. The molecule has 0 radical (unpaired) electrons. The van der Waals surface area contributed by atoms with Crippen LogP contribution in [0.3, 0.4) is 0 Å². The van der Waals surface area contributed by atoms with Gasteiger partial charge < -0.3 is 17.0 Å². The Kier molecular flexibility index (Phi) is 8.36. The number of nitrogens with zero attached hydrogens (tertiary/aromatic N) is 8. The van der Waals surface area contributed by atoms with E-state index in [1.807, 2.05) is 60.9 Å². The fourth-order valence-electron chi connectivity index (χ4n) is 5.17. The molecule has 45 heavy (non-hydrogen) atoms. The molecule has 224 valence electrons. The van der Waals surface area contributed by atoms with Gasteiger partial charge in [0.15, 0.2) is 11.4 Å². The average Bonchev–Trinajstić information content (AvgIpc) is 3.71. The number of aromatic amines is 1. The van der Waals surface area contributed by atoms with Crippen LogP contribution in [-0.2, 0) is 14.1 Å². The molecule has 0 bridgehead atoms. The lowest BCUT2D eigenvalue weighted by Crippen LogP contribution is -3.00. The number of hydrogen-bond donors (Lipinski definition) is 3. The van der Waals surface area contributed by atoms with Gasteiger partial charge in [0.1, 0.15) is 12.4 Å². The van der Waals surface area contributed by atoms with E-state index in [-0.39, 0.29) is 17.0 Å². The number of halogens is 1. The molecule has 5 aromatic heterocycles. The molecule has 0 aliphatic rings. The SMILES string of the molecule is Cn1c(-c2ccc(C=NNc3n[nH]c(=S)n3NN=Cc3ccc(-c4c[n+]5ccccc5n4C)cc3)cc2)c[n+]2ccccc12.[Br-]. The molecule has 0 spiro atoms. The Morgan fingerprint density at radius 1 is 0.733 bits per heavy atom. The first-order chi connectivity index (χ1) is 21.5. The second-order valence-corrected chi connectivity index (χ2v) is 10.6. The summed E-state index contributed by atoms with van der Waals surface area (Å²) < 4.78 is 10.4. The van der Waals surface area contributed by atoms with Crippen LogP contribution in [0.1, 0.15) is 11.1 Å². The maximum atomic E-state index is 5.36. The maximum Gasteiger partial charge on any atom is 0.286 e. The predicted molar refractivity (Wildman–Crippen MR) is 174 cm³/mol. The van der Waals surface area contributed by atoms with Gasteiger partial charge in [-0.2, -0.15) is 14.9 Å². The van der Waals surface area contributed by atoms with Crippen molar-refractivity contribution in [1.82, 2.24) is 24.0 Å². The topological polar surface area (TPSA) is 100 Å². The van der Waals surface area contributed by atoms with Crippen molar-refractivity contribution in [2.75, 3.05) is 11.0 Å². The second kappa shape index (κ2) is 12.7. The van der Waals surface area contributed by atoms with Gasteiger partial charge in [-0.25, -0.2) is 34.0 Å². The van der Waals surface area contributed by atoms with Crippen LogP contribution in [0.15, 0.2) is 120 Å². The quantitative estimate of drug-likeness (QED) is 0.0981. The first-order valence-corrected chi connectivity index (χ1v) is 14.3. The van der Waals surface area contributed by atoms with E-state index in [0.29, 0.717) is 10.7 Å². The van der Waals surface area contributed by atoms with Gasteiger partial charge in [-0.05, 0) is 59.7 Å². The van der Waals surface area contributed by atoms with Gasteiger partial charge in [0.2, 0.25) is 4.77 Å². The third-order valence-corrected chi connectivity index (χ3v) is 7.78. The van der Waals surface area contributed by atoms with Crippen LogP contribution < -0.4 is 36.7 Å². The first kappa shape index (κ1) is 29.7. The molecule has 2 aromatic carbocycles. The molecule has 0 amide bonds. The van der Waals surface area contributed by atoms with Gasteiger partial charge in [0.05, 0.1) is 38.9 Å². The number of aryl methyl sites for hydroxylation is 2. The molecule has 5 heterocycles. The Labute approximate surface area is 274 Å². The highest BCUT2D eigenvalue weighted by Crippen LogP contribution is 2.21. The number of pyridine rings is 2. The molecule has 7 aromatic rings. The van der Waals surface area contributed by atoms with Crippen molar-refractivity contribution in [3.8, 4) is 22.5 Å². The molecule has 0 aliphatic carbocycles. The number of hydrazone groups is 2. The van der Waals surface area contributed by atoms with Gasteiger partial charge in [0, 0.05) is 23.3 Å². The van der Waals surface area contributed by atoms with E-state index in [1.165, 1.54) is 4.68 Å². The molecule has 11 nitrogen and oxygen atoms in total. The molecule has 0 atom stereocenters. The van der Waals surface area contributed by atoms with Crippen LogP contribution in [-0.4, -0.2) is 36.4 Å². The zero-order chi connectivity index (χ0) is 30.0. The predicted octanol–water partition coefficient (Wildman–Crippen LogP) is 1.46. The largest absolute Gasteiger partial charge is 1.00 e. The fraction of sp³-hybridized carbons (Fsp3) is 0.0625. The van der Waals surface area contributed by atoms with Gasteiger partial charge >= 0.3 is 0 Å². The molecular weight excluding hydrogens is 650 g/mol. The number of benzene rings is 2. The second-order valence-electron chi connectivity index (χ2n) is 10.2. The zero-order valence-electron chi connectivity index (χ0n) is 24.4. The molecule has 0 fully saturated rings. The van der Waals surface area contributed by atoms with Crippen LogP contribution in [0, 0.1) is 4.77 Å². The van der Waals surface area contributed by atoms with Crippen LogP contribution in [0.4, 0.5) is 5.95 Å². The van der Waals surface area contributed by atoms with Gasteiger partial charge in [-0.1, -0.05) is 36.4 Å². The van der Waals surface area contributed by atoms with E-state index in [2.05, 4.69) is 112 Å². The molecule has 13 heteroatoms.